The molecule has 0 aliphatic carbocycles. The van der Waals surface area contributed by atoms with Gasteiger partial charge in [0.25, 0.3) is 0 Å². The molecule has 1 rings (SSSR count). The van der Waals surface area contributed by atoms with Crippen molar-refractivity contribution in [3.05, 3.63) is 42.3 Å². The maximum atomic E-state index is 9.07. The molecule has 1 unspecified atom stereocenters. The average Bonchev–Trinajstić information content (AvgIpc) is 2.24. The molecule has 1 heteroatoms. The highest BCUT2D eigenvalue weighted by atomic mass is 16.3. The van der Waals surface area contributed by atoms with Crippen LogP contribution in [0.1, 0.15) is 38.2 Å². The molecular weight excluding hydrogens is 184 g/mol. The fraction of sp³-hybridized carbons (Fsp3) is 0.500. The predicted octanol–water partition coefficient (Wildman–Crippen LogP) is 3.37. The quantitative estimate of drug-likeness (QED) is 0.677. The first kappa shape index (κ1) is 12.3. The van der Waals surface area contributed by atoms with Gasteiger partial charge >= 0.3 is 0 Å². The molecular formula is C14H21O. The Bertz CT molecular complexity index is 241. The van der Waals surface area contributed by atoms with Crippen molar-refractivity contribution in [1.82, 2.24) is 0 Å². The fourth-order valence-electron chi connectivity index (χ4n) is 1.60. The van der Waals surface area contributed by atoms with E-state index >= 15 is 0 Å². The molecule has 15 heavy (non-hydrogen) atoms. The zero-order chi connectivity index (χ0) is 10.9. The first-order chi connectivity index (χ1) is 7.29. The number of hydrogen-bond donors (Lipinski definition) is 1. The lowest BCUT2D eigenvalue weighted by Gasteiger charge is -2.03. The van der Waals surface area contributed by atoms with Gasteiger partial charge in [-0.15, -0.1) is 0 Å². The first-order valence-electron chi connectivity index (χ1n) is 5.82. The van der Waals surface area contributed by atoms with Crippen LogP contribution in [0.3, 0.4) is 0 Å². The minimum Gasteiger partial charge on any atom is -0.393 e. The lowest BCUT2D eigenvalue weighted by Crippen LogP contribution is -1.98. The topological polar surface area (TPSA) is 20.2 Å². The van der Waals surface area contributed by atoms with Crippen molar-refractivity contribution in [1.29, 1.82) is 0 Å². The van der Waals surface area contributed by atoms with Crippen LogP contribution in [0, 0.1) is 6.42 Å². The molecule has 1 radical (unpaired) electrons. The molecule has 0 bridgehead atoms. The molecule has 1 aromatic rings. The van der Waals surface area contributed by atoms with Gasteiger partial charge in [0.05, 0.1) is 6.10 Å². The van der Waals surface area contributed by atoms with E-state index in [1.807, 2.05) is 6.92 Å². The largest absolute Gasteiger partial charge is 0.393 e. The third-order valence-electron chi connectivity index (χ3n) is 2.51. The van der Waals surface area contributed by atoms with Gasteiger partial charge in [0.15, 0.2) is 0 Å². The van der Waals surface area contributed by atoms with E-state index in [-0.39, 0.29) is 6.10 Å². The Morgan fingerprint density at radius 2 is 1.93 bits per heavy atom. The minimum absolute atomic E-state index is 0.157. The van der Waals surface area contributed by atoms with Gasteiger partial charge in [-0.25, -0.2) is 0 Å². The van der Waals surface area contributed by atoms with Crippen LogP contribution in [0.5, 0.6) is 0 Å². The molecule has 0 spiro atoms. The van der Waals surface area contributed by atoms with Crippen LogP contribution in [-0.2, 0) is 6.42 Å². The van der Waals surface area contributed by atoms with E-state index in [4.69, 9.17) is 5.11 Å². The molecule has 0 saturated carbocycles. The van der Waals surface area contributed by atoms with Crippen molar-refractivity contribution in [2.24, 2.45) is 0 Å². The number of unbranched alkanes of at least 4 members (excludes halogenated alkanes) is 3. The van der Waals surface area contributed by atoms with E-state index in [2.05, 4.69) is 36.8 Å². The Kier molecular flexibility index (Phi) is 6.10. The third-order valence-corrected chi connectivity index (χ3v) is 2.51. The summed E-state index contributed by atoms with van der Waals surface area (Å²) >= 11 is 0. The third kappa shape index (κ3) is 6.29. The van der Waals surface area contributed by atoms with Crippen LogP contribution in [0.4, 0.5) is 0 Å². The van der Waals surface area contributed by atoms with E-state index in [0.717, 1.165) is 25.7 Å². The molecule has 0 aliphatic rings. The number of aliphatic hydroxyl groups excluding tert-OH is 1. The molecule has 0 aromatic heterocycles. The second kappa shape index (κ2) is 7.47. The Morgan fingerprint density at radius 1 is 1.20 bits per heavy atom. The zero-order valence-electron chi connectivity index (χ0n) is 9.52. The number of hydrogen-bond acceptors (Lipinski definition) is 1. The Labute approximate surface area is 93.1 Å². The van der Waals surface area contributed by atoms with E-state index in [1.54, 1.807) is 0 Å². The minimum atomic E-state index is -0.157. The molecule has 1 aromatic carbocycles. The molecule has 1 atom stereocenters. The molecule has 83 valence electrons. The van der Waals surface area contributed by atoms with Crippen molar-refractivity contribution in [2.45, 2.75) is 45.1 Å². The molecule has 0 amide bonds. The molecule has 0 heterocycles. The van der Waals surface area contributed by atoms with Crippen molar-refractivity contribution >= 4 is 0 Å². The summed E-state index contributed by atoms with van der Waals surface area (Å²) in [5, 5.41) is 9.07. The normalized spacial score (nSPS) is 12.7. The van der Waals surface area contributed by atoms with Crippen LogP contribution in [-0.4, -0.2) is 11.2 Å². The Hall–Kier alpha value is -0.820. The monoisotopic (exact) mass is 205 g/mol. The second-order valence-electron chi connectivity index (χ2n) is 4.09. The van der Waals surface area contributed by atoms with E-state index in [0.29, 0.717) is 0 Å². The van der Waals surface area contributed by atoms with Gasteiger partial charge in [0, 0.05) is 0 Å². The Balaban J connectivity index is 1.98. The van der Waals surface area contributed by atoms with Gasteiger partial charge < -0.3 is 5.11 Å². The smallest absolute Gasteiger partial charge is 0.0512 e. The second-order valence-corrected chi connectivity index (χ2v) is 4.09. The summed E-state index contributed by atoms with van der Waals surface area (Å²) in [4.78, 5) is 0. The maximum absolute atomic E-state index is 9.07. The number of benzene rings is 1. The molecule has 1 N–H and O–H groups in total. The molecule has 0 fully saturated rings. The zero-order valence-corrected chi connectivity index (χ0v) is 9.52. The molecule has 1 nitrogen and oxygen atoms in total. The highest BCUT2D eigenvalue weighted by Gasteiger charge is 1.96. The number of rotatable bonds is 7. The van der Waals surface area contributed by atoms with Gasteiger partial charge in [0.1, 0.15) is 0 Å². The highest BCUT2D eigenvalue weighted by molar-refractivity contribution is 5.14. The van der Waals surface area contributed by atoms with Crippen molar-refractivity contribution in [2.75, 3.05) is 0 Å². The summed E-state index contributed by atoms with van der Waals surface area (Å²) < 4.78 is 0. The van der Waals surface area contributed by atoms with Crippen LogP contribution >= 0.6 is 0 Å². The number of aliphatic hydroxyl groups is 1. The highest BCUT2D eigenvalue weighted by Crippen LogP contribution is 2.08. The van der Waals surface area contributed by atoms with Crippen LogP contribution in [0.15, 0.2) is 30.3 Å². The lowest BCUT2D eigenvalue weighted by molar-refractivity contribution is 0.184. The Morgan fingerprint density at radius 3 is 2.60 bits per heavy atom. The van der Waals surface area contributed by atoms with Crippen molar-refractivity contribution < 1.29 is 5.11 Å². The van der Waals surface area contributed by atoms with Gasteiger partial charge in [-0.3, -0.25) is 0 Å². The summed E-state index contributed by atoms with van der Waals surface area (Å²) in [5.41, 5.74) is 1.42. The summed E-state index contributed by atoms with van der Waals surface area (Å²) in [5.74, 6) is 0. The fourth-order valence-corrected chi connectivity index (χ4v) is 1.60. The van der Waals surface area contributed by atoms with E-state index in [9.17, 15) is 0 Å². The first-order valence-corrected chi connectivity index (χ1v) is 5.82. The van der Waals surface area contributed by atoms with Gasteiger partial charge in [-0.05, 0) is 51.0 Å². The van der Waals surface area contributed by atoms with E-state index in [1.165, 1.54) is 12.0 Å². The van der Waals surface area contributed by atoms with Crippen molar-refractivity contribution in [3.63, 3.8) is 0 Å². The van der Waals surface area contributed by atoms with Gasteiger partial charge in [-0.1, -0.05) is 30.3 Å². The summed E-state index contributed by atoms with van der Waals surface area (Å²) in [6.45, 7) is 1.85. The summed E-state index contributed by atoms with van der Waals surface area (Å²) in [6.07, 6.45) is 7.58. The lowest BCUT2D eigenvalue weighted by atomic mass is 10.0. The van der Waals surface area contributed by atoms with Gasteiger partial charge in [0.2, 0.25) is 0 Å². The standard InChI is InChI=1S/C14H21O/c1-13(15)9-5-2-3-6-10-14-11-7-4-8-12-14/h2,4,7-8,11-13,15H,3,5-6,9-10H2,1H3. The van der Waals surface area contributed by atoms with Crippen LogP contribution in [0.2, 0.25) is 0 Å². The predicted molar refractivity (Wildman–Crippen MR) is 64.6 cm³/mol. The van der Waals surface area contributed by atoms with Crippen LogP contribution in [0.25, 0.3) is 0 Å². The van der Waals surface area contributed by atoms with Gasteiger partial charge in [-0.2, -0.15) is 0 Å². The van der Waals surface area contributed by atoms with E-state index < -0.39 is 0 Å². The average molecular weight is 205 g/mol. The maximum Gasteiger partial charge on any atom is 0.0512 e. The number of aryl methyl sites for hydroxylation is 1. The van der Waals surface area contributed by atoms with Crippen molar-refractivity contribution in [3.8, 4) is 0 Å². The molecule has 0 aliphatic heterocycles. The molecule has 0 saturated heterocycles. The summed E-state index contributed by atoms with van der Waals surface area (Å²) in [6, 6.07) is 10.6. The van der Waals surface area contributed by atoms with Crippen LogP contribution < -0.4 is 0 Å². The summed E-state index contributed by atoms with van der Waals surface area (Å²) in [7, 11) is 0. The SMILES string of the molecule is CC(O)CC[CH]CCCc1ccccc1.